The van der Waals surface area contributed by atoms with Crippen molar-refractivity contribution in [3.8, 4) is 11.1 Å². The molecular formula is C16H10N2O. The maximum absolute atomic E-state index is 12.4. The van der Waals surface area contributed by atoms with E-state index in [9.17, 15) is 4.79 Å². The zero-order valence-corrected chi connectivity index (χ0v) is 10.1. The molecule has 0 spiro atoms. The highest BCUT2D eigenvalue weighted by Gasteiger charge is 2.30. The topological polar surface area (TPSA) is 56.0 Å². The van der Waals surface area contributed by atoms with Crippen LogP contribution in [-0.2, 0) is 0 Å². The Kier molecular flexibility index (Phi) is 1.85. The summed E-state index contributed by atoms with van der Waals surface area (Å²) in [7, 11) is 0. The first-order chi connectivity index (χ1) is 9.27. The van der Waals surface area contributed by atoms with Crippen LogP contribution in [0.25, 0.3) is 21.9 Å². The van der Waals surface area contributed by atoms with E-state index < -0.39 is 0 Å². The first kappa shape index (κ1) is 10.3. The Balaban J connectivity index is 2.24. The lowest BCUT2D eigenvalue weighted by Gasteiger charge is -2.07. The van der Waals surface area contributed by atoms with Crippen molar-refractivity contribution in [3.63, 3.8) is 0 Å². The standard InChI is InChI=1S/C16H10N2O/c17-16-12-8-4-2-6-10(12)13-9-5-1-3-7-11(9)15(19)14(13)18-16/h1-8H,(H2,17,18). The van der Waals surface area contributed by atoms with Crippen molar-refractivity contribution in [1.82, 2.24) is 4.98 Å². The van der Waals surface area contributed by atoms with E-state index in [2.05, 4.69) is 4.98 Å². The van der Waals surface area contributed by atoms with E-state index >= 15 is 0 Å². The summed E-state index contributed by atoms with van der Waals surface area (Å²) in [5, 5.41) is 1.88. The fourth-order valence-corrected chi connectivity index (χ4v) is 2.75. The third-order valence-electron chi connectivity index (χ3n) is 3.60. The molecule has 19 heavy (non-hydrogen) atoms. The molecule has 1 aromatic heterocycles. The van der Waals surface area contributed by atoms with Crippen LogP contribution < -0.4 is 5.73 Å². The summed E-state index contributed by atoms with van der Waals surface area (Å²) in [4.78, 5) is 16.7. The van der Waals surface area contributed by atoms with E-state index in [0.29, 0.717) is 17.1 Å². The molecule has 0 unspecified atom stereocenters. The van der Waals surface area contributed by atoms with Crippen molar-refractivity contribution in [3.05, 3.63) is 59.8 Å². The number of hydrogen-bond acceptors (Lipinski definition) is 3. The van der Waals surface area contributed by atoms with E-state index in [0.717, 1.165) is 21.9 Å². The number of nitrogens with zero attached hydrogens (tertiary/aromatic N) is 1. The molecule has 0 aliphatic heterocycles. The van der Waals surface area contributed by atoms with Gasteiger partial charge < -0.3 is 5.73 Å². The first-order valence-corrected chi connectivity index (χ1v) is 6.09. The van der Waals surface area contributed by atoms with Crippen LogP contribution in [0.1, 0.15) is 16.1 Å². The number of rotatable bonds is 0. The number of carbonyl (C=O) groups is 1. The van der Waals surface area contributed by atoms with Crippen LogP contribution >= 0.6 is 0 Å². The van der Waals surface area contributed by atoms with Crippen LogP contribution in [0.3, 0.4) is 0 Å². The zero-order valence-electron chi connectivity index (χ0n) is 10.1. The molecule has 2 N–H and O–H groups in total. The number of carbonyl (C=O) groups excluding carboxylic acids is 1. The molecule has 0 atom stereocenters. The van der Waals surface area contributed by atoms with Gasteiger partial charge in [-0.05, 0) is 10.9 Å². The largest absolute Gasteiger partial charge is 0.383 e. The van der Waals surface area contributed by atoms with Crippen LogP contribution in [0.2, 0.25) is 0 Å². The fourth-order valence-electron chi connectivity index (χ4n) is 2.75. The highest BCUT2D eigenvalue weighted by molar-refractivity contribution is 6.25. The van der Waals surface area contributed by atoms with E-state index in [1.807, 2.05) is 48.5 Å². The van der Waals surface area contributed by atoms with Gasteiger partial charge >= 0.3 is 0 Å². The minimum Gasteiger partial charge on any atom is -0.383 e. The molecule has 3 aromatic rings. The van der Waals surface area contributed by atoms with Gasteiger partial charge in [-0.1, -0.05) is 48.5 Å². The Morgan fingerprint density at radius 3 is 2.26 bits per heavy atom. The number of aromatic nitrogens is 1. The molecule has 0 fully saturated rings. The summed E-state index contributed by atoms with van der Waals surface area (Å²) in [6.07, 6.45) is 0. The second-order valence-corrected chi connectivity index (χ2v) is 4.64. The number of pyridine rings is 1. The third kappa shape index (κ3) is 1.21. The van der Waals surface area contributed by atoms with Gasteiger partial charge in [0.25, 0.3) is 0 Å². The van der Waals surface area contributed by atoms with Gasteiger partial charge in [0.05, 0.1) is 0 Å². The van der Waals surface area contributed by atoms with Crippen molar-refractivity contribution in [2.24, 2.45) is 0 Å². The molecule has 0 radical (unpaired) electrons. The predicted molar refractivity (Wildman–Crippen MR) is 75.0 cm³/mol. The zero-order chi connectivity index (χ0) is 13.0. The molecule has 90 valence electrons. The van der Waals surface area contributed by atoms with E-state index in [1.165, 1.54) is 0 Å². The van der Waals surface area contributed by atoms with Crippen LogP contribution in [0.4, 0.5) is 5.82 Å². The molecule has 0 saturated carbocycles. The van der Waals surface area contributed by atoms with E-state index in [-0.39, 0.29) is 5.78 Å². The van der Waals surface area contributed by atoms with Gasteiger partial charge in [0.15, 0.2) is 0 Å². The normalized spacial score (nSPS) is 12.5. The van der Waals surface area contributed by atoms with Gasteiger partial charge in [-0.25, -0.2) is 4.98 Å². The number of fused-ring (bicyclic) bond motifs is 5. The van der Waals surface area contributed by atoms with Gasteiger partial charge in [-0.2, -0.15) is 0 Å². The third-order valence-corrected chi connectivity index (χ3v) is 3.60. The smallest absolute Gasteiger partial charge is 0.212 e. The van der Waals surface area contributed by atoms with Crippen molar-refractivity contribution in [2.45, 2.75) is 0 Å². The minimum absolute atomic E-state index is 0.0388. The molecule has 0 bridgehead atoms. The average Bonchev–Trinajstić information content (AvgIpc) is 2.73. The number of benzene rings is 2. The molecule has 2 aromatic carbocycles. The van der Waals surface area contributed by atoms with Gasteiger partial charge in [0.1, 0.15) is 11.5 Å². The monoisotopic (exact) mass is 246 g/mol. The van der Waals surface area contributed by atoms with Crippen molar-refractivity contribution in [1.29, 1.82) is 0 Å². The van der Waals surface area contributed by atoms with Crippen molar-refractivity contribution >= 4 is 22.4 Å². The lowest BCUT2D eigenvalue weighted by Crippen LogP contribution is -2.02. The molecule has 1 heterocycles. The van der Waals surface area contributed by atoms with E-state index in [1.54, 1.807) is 0 Å². The predicted octanol–water partition coefficient (Wildman–Crippen LogP) is 3.03. The number of nitrogen functional groups attached to an aromatic ring is 1. The summed E-state index contributed by atoms with van der Waals surface area (Å²) in [5.41, 5.74) is 9.00. The Labute approximate surface area is 109 Å². The van der Waals surface area contributed by atoms with Gasteiger partial charge in [0, 0.05) is 16.5 Å². The summed E-state index contributed by atoms with van der Waals surface area (Å²) in [6.45, 7) is 0. The Hall–Kier alpha value is -2.68. The maximum Gasteiger partial charge on any atom is 0.212 e. The number of nitrogens with two attached hydrogens (primary N) is 1. The lowest BCUT2D eigenvalue weighted by atomic mass is 10.0. The molecular weight excluding hydrogens is 236 g/mol. The number of anilines is 1. The minimum atomic E-state index is -0.0388. The maximum atomic E-state index is 12.4. The lowest BCUT2D eigenvalue weighted by molar-refractivity contribution is 0.103. The average molecular weight is 246 g/mol. The highest BCUT2D eigenvalue weighted by Crippen LogP contribution is 2.41. The van der Waals surface area contributed by atoms with Crippen LogP contribution in [0, 0.1) is 0 Å². The van der Waals surface area contributed by atoms with Crippen molar-refractivity contribution in [2.75, 3.05) is 5.73 Å². The Morgan fingerprint density at radius 1 is 0.842 bits per heavy atom. The van der Waals surface area contributed by atoms with Crippen LogP contribution in [-0.4, -0.2) is 10.8 Å². The summed E-state index contributed by atoms with van der Waals surface area (Å²) >= 11 is 0. The molecule has 3 nitrogen and oxygen atoms in total. The Morgan fingerprint density at radius 2 is 1.47 bits per heavy atom. The molecule has 3 heteroatoms. The second-order valence-electron chi connectivity index (χ2n) is 4.64. The summed E-state index contributed by atoms with van der Waals surface area (Å²) in [5.74, 6) is 0.374. The van der Waals surface area contributed by atoms with Crippen LogP contribution in [0.15, 0.2) is 48.5 Å². The molecule has 1 aliphatic carbocycles. The summed E-state index contributed by atoms with van der Waals surface area (Å²) < 4.78 is 0. The molecule has 1 aliphatic rings. The Bertz CT molecular complexity index is 852. The van der Waals surface area contributed by atoms with Crippen LogP contribution in [0.5, 0.6) is 0 Å². The second kappa shape index (κ2) is 3.42. The quantitative estimate of drug-likeness (QED) is 0.519. The molecule has 0 amide bonds. The fraction of sp³-hybridized carbons (Fsp3) is 0. The van der Waals surface area contributed by atoms with Gasteiger partial charge in [0.2, 0.25) is 5.78 Å². The van der Waals surface area contributed by atoms with Gasteiger partial charge in [-0.15, -0.1) is 0 Å². The van der Waals surface area contributed by atoms with Crippen molar-refractivity contribution < 1.29 is 4.79 Å². The SMILES string of the molecule is Nc1nc2c(c3ccccc13)-c1ccccc1C2=O. The summed E-state index contributed by atoms with van der Waals surface area (Å²) in [6, 6.07) is 15.4. The van der Waals surface area contributed by atoms with E-state index in [4.69, 9.17) is 5.73 Å². The molecule has 4 rings (SSSR count). The number of ketones is 1. The highest BCUT2D eigenvalue weighted by atomic mass is 16.1. The van der Waals surface area contributed by atoms with Gasteiger partial charge in [-0.3, -0.25) is 4.79 Å². The molecule has 0 saturated heterocycles. The first-order valence-electron chi connectivity index (χ1n) is 6.09. The number of hydrogen-bond donors (Lipinski definition) is 1.